The van der Waals surface area contributed by atoms with Crippen molar-refractivity contribution in [2.45, 2.75) is 38.1 Å². The fraction of sp³-hybridized carbons (Fsp3) is 0.500. The SMILES string of the molecule is CN(C(=O)COc1ccccc1C#N)C1CCCCC1. The standard InChI is InChI=1S/C16H20N2O2/c1-18(14-8-3-2-4-9-14)16(19)12-20-15-10-6-5-7-13(15)11-17/h5-7,10,14H,2-4,8-9,12H2,1H3. The normalized spacial score (nSPS) is 15.4. The molecule has 1 fully saturated rings. The minimum Gasteiger partial charge on any atom is -0.482 e. The lowest BCUT2D eigenvalue weighted by atomic mass is 9.94. The molecule has 1 saturated carbocycles. The van der Waals surface area contributed by atoms with E-state index in [1.165, 1.54) is 19.3 Å². The second kappa shape index (κ2) is 6.95. The van der Waals surface area contributed by atoms with Gasteiger partial charge in [-0.15, -0.1) is 0 Å². The number of ether oxygens (including phenoxy) is 1. The van der Waals surface area contributed by atoms with Gasteiger partial charge in [0.05, 0.1) is 5.56 Å². The minimum atomic E-state index is -0.0235. The number of benzene rings is 1. The number of rotatable bonds is 4. The van der Waals surface area contributed by atoms with Gasteiger partial charge in [0.25, 0.3) is 5.91 Å². The summed E-state index contributed by atoms with van der Waals surface area (Å²) in [5.41, 5.74) is 0.459. The number of carbonyl (C=O) groups excluding carboxylic acids is 1. The van der Waals surface area contributed by atoms with Crippen molar-refractivity contribution in [1.82, 2.24) is 4.90 Å². The number of amides is 1. The van der Waals surface area contributed by atoms with Crippen LogP contribution in [-0.2, 0) is 4.79 Å². The van der Waals surface area contributed by atoms with Crippen molar-refractivity contribution in [3.8, 4) is 11.8 Å². The lowest BCUT2D eigenvalue weighted by molar-refractivity contribution is -0.134. The van der Waals surface area contributed by atoms with E-state index in [9.17, 15) is 4.79 Å². The van der Waals surface area contributed by atoms with Gasteiger partial charge in [0.15, 0.2) is 6.61 Å². The zero-order valence-electron chi connectivity index (χ0n) is 11.8. The van der Waals surface area contributed by atoms with Crippen LogP contribution in [0.4, 0.5) is 0 Å². The number of hydrogen-bond donors (Lipinski definition) is 0. The van der Waals surface area contributed by atoms with Crippen LogP contribution >= 0.6 is 0 Å². The van der Waals surface area contributed by atoms with Gasteiger partial charge in [-0.3, -0.25) is 4.79 Å². The van der Waals surface area contributed by atoms with Crippen molar-refractivity contribution in [2.24, 2.45) is 0 Å². The average molecular weight is 272 g/mol. The van der Waals surface area contributed by atoms with Gasteiger partial charge in [0.1, 0.15) is 11.8 Å². The number of para-hydroxylation sites is 1. The van der Waals surface area contributed by atoms with E-state index in [2.05, 4.69) is 6.07 Å². The Morgan fingerprint density at radius 2 is 2.05 bits per heavy atom. The molecule has 0 heterocycles. The molecule has 1 aliphatic rings. The molecule has 1 aromatic carbocycles. The Morgan fingerprint density at radius 1 is 1.35 bits per heavy atom. The zero-order valence-corrected chi connectivity index (χ0v) is 11.8. The molecular formula is C16H20N2O2. The molecule has 0 atom stereocenters. The molecule has 0 spiro atoms. The van der Waals surface area contributed by atoms with Gasteiger partial charge in [0.2, 0.25) is 0 Å². The quantitative estimate of drug-likeness (QED) is 0.846. The highest BCUT2D eigenvalue weighted by molar-refractivity contribution is 5.77. The topological polar surface area (TPSA) is 53.3 Å². The first-order valence-corrected chi connectivity index (χ1v) is 7.10. The molecule has 1 aliphatic carbocycles. The summed E-state index contributed by atoms with van der Waals surface area (Å²) in [5.74, 6) is 0.449. The summed E-state index contributed by atoms with van der Waals surface area (Å²) < 4.78 is 5.49. The average Bonchev–Trinajstić information content (AvgIpc) is 2.53. The molecule has 0 N–H and O–H groups in total. The summed E-state index contributed by atoms with van der Waals surface area (Å²) in [7, 11) is 1.85. The van der Waals surface area contributed by atoms with Crippen LogP contribution < -0.4 is 4.74 Å². The molecule has 0 radical (unpaired) electrons. The number of nitriles is 1. The number of nitrogens with zero attached hydrogens (tertiary/aromatic N) is 2. The van der Waals surface area contributed by atoms with Crippen LogP contribution in [0.1, 0.15) is 37.7 Å². The molecule has 4 heteroatoms. The summed E-state index contributed by atoms with van der Waals surface area (Å²) in [4.78, 5) is 13.9. The van der Waals surface area contributed by atoms with E-state index in [0.717, 1.165) is 12.8 Å². The number of hydrogen-bond acceptors (Lipinski definition) is 3. The van der Waals surface area contributed by atoms with Gasteiger partial charge in [-0.2, -0.15) is 5.26 Å². The maximum Gasteiger partial charge on any atom is 0.260 e. The molecule has 1 aromatic rings. The van der Waals surface area contributed by atoms with E-state index >= 15 is 0 Å². The monoisotopic (exact) mass is 272 g/mol. The molecule has 0 saturated heterocycles. The highest BCUT2D eigenvalue weighted by Gasteiger charge is 2.22. The Morgan fingerprint density at radius 3 is 2.75 bits per heavy atom. The highest BCUT2D eigenvalue weighted by atomic mass is 16.5. The van der Waals surface area contributed by atoms with E-state index < -0.39 is 0 Å². The van der Waals surface area contributed by atoms with Crippen molar-refractivity contribution >= 4 is 5.91 Å². The number of carbonyl (C=O) groups is 1. The molecule has 1 amide bonds. The molecule has 0 aliphatic heterocycles. The summed E-state index contributed by atoms with van der Waals surface area (Å²) in [6.07, 6.45) is 5.82. The second-order valence-corrected chi connectivity index (χ2v) is 5.19. The van der Waals surface area contributed by atoms with Gasteiger partial charge in [-0.25, -0.2) is 0 Å². The lowest BCUT2D eigenvalue weighted by Gasteiger charge is -2.31. The fourth-order valence-electron chi connectivity index (χ4n) is 2.60. The third-order valence-electron chi connectivity index (χ3n) is 3.87. The molecule has 0 aromatic heterocycles. The summed E-state index contributed by atoms with van der Waals surface area (Å²) in [6, 6.07) is 9.38. The predicted molar refractivity (Wildman–Crippen MR) is 76.3 cm³/mol. The Kier molecular flexibility index (Phi) is 5.00. The van der Waals surface area contributed by atoms with Crippen LogP contribution in [0.15, 0.2) is 24.3 Å². The van der Waals surface area contributed by atoms with Crippen molar-refractivity contribution < 1.29 is 9.53 Å². The van der Waals surface area contributed by atoms with Gasteiger partial charge >= 0.3 is 0 Å². The summed E-state index contributed by atoms with van der Waals surface area (Å²) >= 11 is 0. The Labute approximate surface area is 120 Å². The van der Waals surface area contributed by atoms with Crippen LogP contribution in [0.5, 0.6) is 5.75 Å². The van der Waals surface area contributed by atoms with Gasteiger partial charge in [-0.05, 0) is 25.0 Å². The Hall–Kier alpha value is -2.02. The van der Waals surface area contributed by atoms with E-state index in [-0.39, 0.29) is 12.5 Å². The highest BCUT2D eigenvalue weighted by Crippen LogP contribution is 2.22. The van der Waals surface area contributed by atoms with Crippen molar-refractivity contribution in [2.75, 3.05) is 13.7 Å². The third-order valence-corrected chi connectivity index (χ3v) is 3.87. The molecule has 20 heavy (non-hydrogen) atoms. The molecule has 4 nitrogen and oxygen atoms in total. The minimum absolute atomic E-state index is 0.00824. The van der Waals surface area contributed by atoms with Gasteiger partial charge in [0, 0.05) is 13.1 Å². The third kappa shape index (κ3) is 3.51. The maximum atomic E-state index is 12.1. The fourth-order valence-corrected chi connectivity index (χ4v) is 2.60. The van der Waals surface area contributed by atoms with E-state index in [4.69, 9.17) is 10.00 Å². The van der Waals surface area contributed by atoms with Crippen molar-refractivity contribution in [1.29, 1.82) is 5.26 Å². The van der Waals surface area contributed by atoms with Crippen LogP contribution in [0, 0.1) is 11.3 Å². The molecule has 0 bridgehead atoms. The van der Waals surface area contributed by atoms with Crippen molar-refractivity contribution in [3.63, 3.8) is 0 Å². The molecule has 106 valence electrons. The van der Waals surface area contributed by atoms with Gasteiger partial charge < -0.3 is 9.64 Å². The first-order valence-electron chi connectivity index (χ1n) is 7.10. The van der Waals surface area contributed by atoms with Crippen LogP contribution in [0.2, 0.25) is 0 Å². The number of likely N-dealkylation sites (N-methyl/N-ethyl adjacent to an activating group) is 1. The second-order valence-electron chi connectivity index (χ2n) is 5.19. The van der Waals surface area contributed by atoms with Crippen molar-refractivity contribution in [3.05, 3.63) is 29.8 Å². The first-order chi connectivity index (χ1) is 9.72. The Bertz CT molecular complexity index is 501. The molecule has 2 rings (SSSR count). The lowest BCUT2D eigenvalue weighted by Crippen LogP contribution is -2.40. The zero-order chi connectivity index (χ0) is 14.4. The van der Waals surface area contributed by atoms with Gasteiger partial charge in [-0.1, -0.05) is 31.4 Å². The van der Waals surface area contributed by atoms with E-state index in [1.54, 1.807) is 29.2 Å². The summed E-state index contributed by atoms with van der Waals surface area (Å²) in [6.45, 7) is -0.00824. The molecular weight excluding hydrogens is 252 g/mol. The predicted octanol–water partition coefficient (Wildman–Crippen LogP) is 2.73. The molecule has 0 unspecified atom stereocenters. The smallest absolute Gasteiger partial charge is 0.260 e. The first kappa shape index (κ1) is 14.4. The maximum absolute atomic E-state index is 12.1. The Balaban J connectivity index is 1.90. The van der Waals surface area contributed by atoms with Crippen LogP contribution in [-0.4, -0.2) is 30.5 Å². The summed E-state index contributed by atoms with van der Waals surface area (Å²) in [5, 5.41) is 8.97. The largest absolute Gasteiger partial charge is 0.482 e. The van der Waals surface area contributed by atoms with Crippen LogP contribution in [0.25, 0.3) is 0 Å². The van der Waals surface area contributed by atoms with E-state index in [0.29, 0.717) is 17.4 Å². The van der Waals surface area contributed by atoms with E-state index in [1.807, 2.05) is 7.05 Å². The van der Waals surface area contributed by atoms with Crippen LogP contribution in [0.3, 0.4) is 0 Å².